The summed E-state index contributed by atoms with van der Waals surface area (Å²) in [5, 5.41) is 0. The molecule has 0 aliphatic heterocycles. The number of rotatable bonds is 1. The molecule has 1 aromatic rings. The second-order valence-electron chi connectivity index (χ2n) is 2.20. The van der Waals surface area contributed by atoms with E-state index in [1.165, 1.54) is 11.1 Å². The molecule has 0 saturated heterocycles. The van der Waals surface area contributed by atoms with E-state index in [1.54, 1.807) is 0 Å². The number of aryl methyl sites for hydroxylation is 1. The van der Waals surface area contributed by atoms with Gasteiger partial charge in [0.1, 0.15) is 0 Å². The highest BCUT2D eigenvalue weighted by atomic mass is 35.5. The fourth-order valence-electron chi connectivity index (χ4n) is 0.750. The number of halogens is 1. The van der Waals surface area contributed by atoms with Gasteiger partial charge in [0.05, 0.1) is 0 Å². The van der Waals surface area contributed by atoms with Crippen molar-refractivity contribution in [2.24, 2.45) is 0 Å². The highest BCUT2D eigenvalue weighted by molar-refractivity contribution is 6.27. The van der Waals surface area contributed by atoms with E-state index in [9.17, 15) is 0 Å². The van der Waals surface area contributed by atoms with Crippen LogP contribution in [0.5, 0.6) is 0 Å². The Balaban J connectivity index is 2.89. The molecule has 0 unspecified atom stereocenters. The van der Waals surface area contributed by atoms with Crippen molar-refractivity contribution in [2.75, 3.05) is 0 Å². The van der Waals surface area contributed by atoms with Crippen LogP contribution in [0.15, 0.2) is 29.8 Å². The van der Waals surface area contributed by atoms with E-state index in [1.807, 2.05) is 18.2 Å². The Hall–Kier alpha value is -0.750. The number of benzene rings is 1. The van der Waals surface area contributed by atoms with Gasteiger partial charge in [0.2, 0.25) is 0 Å². The molecule has 0 saturated carbocycles. The van der Waals surface area contributed by atoms with Gasteiger partial charge in [0, 0.05) is 5.54 Å². The van der Waals surface area contributed by atoms with Crippen LogP contribution in [0.4, 0.5) is 0 Å². The highest BCUT2D eigenvalue weighted by Crippen LogP contribution is 2.04. The van der Waals surface area contributed by atoms with Gasteiger partial charge >= 0.3 is 0 Å². The average Bonchev–Trinajstić information content (AvgIpc) is 1.95. The van der Waals surface area contributed by atoms with Gasteiger partial charge in [0.25, 0.3) is 0 Å². The van der Waals surface area contributed by atoms with Crippen LogP contribution in [-0.4, -0.2) is 0 Å². The van der Waals surface area contributed by atoms with E-state index in [0.29, 0.717) is 0 Å². The molecule has 10 heavy (non-hydrogen) atoms. The smallest absolute Gasteiger partial charge is 0.00484 e. The zero-order valence-corrected chi connectivity index (χ0v) is 6.60. The first kappa shape index (κ1) is 7.36. The molecule has 0 atom stereocenters. The number of hydrogen-bond donors (Lipinski definition) is 0. The Morgan fingerprint density at radius 1 is 1.20 bits per heavy atom. The summed E-state index contributed by atoms with van der Waals surface area (Å²) < 4.78 is 0. The summed E-state index contributed by atoms with van der Waals surface area (Å²) in [7, 11) is 0. The first-order valence-electron chi connectivity index (χ1n) is 3.16. The molecular formula is C9H9Cl. The molecule has 0 N–H and O–H groups in total. The van der Waals surface area contributed by atoms with Crippen LogP contribution in [-0.2, 0) is 0 Å². The lowest BCUT2D eigenvalue weighted by molar-refractivity contribution is 1.46. The quantitative estimate of drug-likeness (QED) is 0.580. The van der Waals surface area contributed by atoms with Gasteiger partial charge in [0.15, 0.2) is 0 Å². The van der Waals surface area contributed by atoms with Crippen molar-refractivity contribution < 1.29 is 0 Å². The van der Waals surface area contributed by atoms with Crippen molar-refractivity contribution in [2.45, 2.75) is 6.92 Å². The summed E-state index contributed by atoms with van der Waals surface area (Å²) in [6.45, 7) is 2.06. The van der Waals surface area contributed by atoms with E-state index in [4.69, 9.17) is 11.6 Å². The Morgan fingerprint density at radius 2 is 1.80 bits per heavy atom. The molecule has 1 aromatic carbocycles. The Labute approximate surface area is 66.1 Å². The summed E-state index contributed by atoms with van der Waals surface area (Å²) >= 11 is 5.40. The molecule has 0 amide bonds. The molecule has 0 fully saturated rings. The van der Waals surface area contributed by atoms with Gasteiger partial charge < -0.3 is 0 Å². The maximum Gasteiger partial charge on any atom is 0.00484 e. The van der Waals surface area contributed by atoms with E-state index in [0.717, 1.165) is 5.56 Å². The standard InChI is InChI=1S/C9H9Cl/c1-8-2-4-9(5-3-8)6-7-10/h2-7H,1H3. The van der Waals surface area contributed by atoms with Crippen LogP contribution >= 0.6 is 11.6 Å². The third-order valence-electron chi connectivity index (χ3n) is 1.33. The zero-order valence-electron chi connectivity index (χ0n) is 5.84. The fraction of sp³-hybridized carbons (Fsp3) is 0.111. The van der Waals surface area contributed by atoms with Gasteiger partial charge in [-0.15, -0.1) is 0 Å². The summed E-state index contributed by atoms with van der Waals surface area (Å²) in [6.07, 6.45) is 1.86. The molecule has 0 radical (unpaired) electrons. The predicted molar refractivity (Wildman–Crippen MR) is 46.1 cm³/mol. The second kappa shape index (κ2) is 3.43. The first-order chi connectivity index (χ1) is 4.83. The minimum atomic E-state index is 1.14. The van der Waals surface area contributed by atoms with Crippen LogP contribution < -0.4 is 0 Å². The van der Waals surface area contributed by atoms with E-state index in [-0.39, 0.29) is 0 Å². The number of hydrogen-bond acceptors (Lipinski definition) is 0. The van der Waals surface area contributed by atoms with Gasteiger partial charge in [-0.3, -0.25) is 0 Å². The molecule has 1 heteroatoms. The molecule has 0 aliphatic carbocycles. The summed E-state index contributed by atoms with van der Waals surface area (Å²) in [5.41, 5.74) is 3.93. The van der Waals surface area contributed by atoms with Gasteiger partial charge in [-0.25, -0.2) is 0 Å². The van der Waals surface area contributed by atoms with E-state index < -0.39 is 0 Å². The maximum absolute atomic E-state index is 5.40. The lowest BCUT2D eigenvalue weighted by atomic mass is 10.2. The van der Waals surface area contributed by atoms with Crippen LogP contribution in [0.1, 0.15) is 11.1 Å². The van der Waals surface area contributed by atoms with Crippen molar-refractivity contribution in [3.05, 3.63) is 40.9 Å². The van der Waals surface area contributed by atoms with Crippen molar-refractivity contribution in [1.82, 2.24) is 0 Å². The molecular weight excluding hydrogens is 144 g/mol. The topological polar surface area (TPSA) is 0 Å². The Morgan fingerprint density at radius 3 is 2.30 bits per heavy atom. The zero-order chi connectivity index (χ0) is 7.40. The van der Waals surface area contributed by atoms with E-state index in [2.05, 4.69) is 19.1 Å². The molecule has 1 rings (SSSR count). The maximum atomic E-state index is 5.40. The molecule has 0 nitrogen and oxygen atoms in total. The molecule has 0 bridgehead atoms. The molecule has 0 aliphatic rings. The minimum Gasteiger partial charge on any atom is -0.0929 e. The lowest BCUT2D eigenvalue weighted by Gasteiger charge is -1.92. The van der Waals surface area contributed by atoms with Crippen LogP contribution in [0.2, 0.25) is 0 Å². The molecule has 0 spiro atoms. The van der Waals surface area contributed by atoms with Crippen molar-refractivity contribution >= 4 is 17.7 Å². The molecule has 0 heterocycles. The summed E-state index contributed by atoms with van der Waals surface area (Å²) in [5.74, 6) is 0. The normalized spacial score (nSPS) is 10.6. The lowest BCUT2D eigenvalue weighted by Crippen LogP contribution is -1.71. The SMILES string of the molecule is Cc1ccc(C=CCl)cc1. The molecule has 52 valence electrons. The minimum absolute atomic E-state index is 1.14. The van der Waals surface area contributed by atoms with Gasteiger partial charge in [-0.05, 0) is 18.6 Å². The summed E-state index contributed by atoms with van der Waals surface area (Å²) in [6, 6.07) is 8.20. The Kier molecular flexibility index (Phi) is 2.52. The largest absolute Gasteiger partial charge is 0.0929 e. The van der Waals surface area contributed by atoms with Crippen molar-refractivity contribution in [3.8, 4) is 0 Å². The first-order valence-corrected chi connectivity index (χ1v) is 3.60. The highest BCUT2D eigenvalue weighted by Gasteiger charge is 1.83. The average molecular weight is 153 g/mol. The molecule has 0 aromatic heterocycles. The monoisotopic (exact) mass is 152 g/mol. The van der Waals surface area contributed by atoms with E-state index >= 15 is 0 Å². The van der Waals surface area contributed by atoms with Gasteiger partial charge in [-0.1, -0.05) is 41.4 Å². The summed E-state index contributed by atoms with van der Waals surface area (Å²) in [4.78, 5) is 0. The fourth-order valence-corrected chi connectivity index (χ4v) is 0.896. The van der Waals surface area contributed by atoms with Crippen molar-refractivity contribution in [3.63, 3.8) is 0 Å². The van der Waals surface area contributed by atoms with Crippen LogP contribution in [0, 0.1) is 6.92 Å². The predicted octanol–water partition coefficient (Wildman–Crippen LogP) is 3.20. The third-order valence-corrected chi connectivity index (χ3v) is 1.46. The van der Waals surface area contributed by atoms with Crippen LogP contribution in [0.3, 0.4) is 0 Å². The van der Waals surface area contributed by atoms with Gasteiger partial charge in [-0.2, -0.15) is 0 Å². The second-order valence-corrected chi connectivity index (χ2v) is 2.46. The Bertz CT molecular complexity index is 221. The third kappa shape index (κ3) is 1.89. The van der Waals surface area contributed by atoms with Crippen molar-refractivity contribution in [1.29, 1.82) is 0 Å². The van der Waals surface area contributed by atoms with Crippen LogP contribution in [0.25, 0.3) is 6.08 Å².